The molecule has 0 aromatic carbocycles. The third-order valence-corrected chi connectivity index (χ3v) is 0.859. The maximum Gasteiger partial charge on any atom is 0.257 e. The van der Waals surface area contributed by atoms with Gasteiger partial charge in [-0.1, -0.05) is 0 Å². The lowest BCUT2D eigenvalue weighted by atomic mass is 10.5. The van der Waals surface area contributed by atoms with Gasteiger partial charge in [-0.25, -0.2) is 8.78 Å². The van der Waals surface area contributed by atoms with Crippen LogP contribution in [0.25, 0.3) is 0 Å². The van der Waals surface area contributed by atoms with Crippen LogP contribution in [-0.2, 0) is 0 Å². The van der Waals surface area contributed by atoms with Gasteiger partial charge >= 0.3 is 0 Å². The van der Waals surface area contributed by atoms with Crippen LogP contribution >= 0.6 is 0 Å². The fourth-order valence-corrected chi connectivity index (χ4v) is 0.528. The predicted octanol–water partition coefficient (Wildman–Crippen LogP) is 0.989. The number of rotatable bonds is 4. The largest absolute Gasteiger partial charge is 0.401 e. The molecule has 0 aromatic heterocycles. The molecule has 0 aliphatic carbocycles. The summed E-state index contributed by atoms with van der Waals surface area (Å²) in [6.07, 6.45) is -1.13. The first-order chi connectivity index (χ1) is 5.06. The summed E-state index contributed by atoms with van der Waals surface area (Å²) in [6.45, 7) is 4.22. The number of halogens is 2. The van der Waals surface area contributed by atoms with Crippen molar-refractivity contribution in [2.75, 3.05) is 6.54 Å². The topological polar surface area (TPSA) is 41.6 Å². The molecule has 0 unspecified atom stereocenters. The van der Waals surface area contributed by atoms with Crippen molar-refractivity contribution in [1.29, 1.82) is 0 Å². The lowest BCUT2D eigenvalue weighted by Crippen LogP contribution is -2.19. The molecule has 0 bridgehead atoms. The summed E-state index contributed by atoms with van der Waals surface area (Å²) in [7, 11) is 0. The van der Waals surface area contributed by atoms with E-state index in [0.29, 0.717) is 5.70 Å². The van der Waals surface area contributed by atoms with Crippen molar-refractivity contribution in [2.24, 2.45) is 10.8 Å². The van der Waals surface area contributed by atoms with E-state index in [4.69, 9.17) is 5.73 Å². The van der Waals surface area contributed by atoms with Gasteiger partial charge in [-0.15, -0.1) is 0 Å². The molecule has 0 aromatic rings. The number of nitrogens with two attached hydrogens (primary N) is 1. The van der Waals surface area contributed by atoms with Gasteiger partial charge in [0.2, 0.25) is 0 Å². The third kappa shape index (κ3) is 5.32. The number of hydrogen-bond acceptors (Lipinski definition) is 3. The lowest BCUT2D eigenvalue weighted by Gasteiger charge is -2.12. The summed E-state index contributed by atoms with van der Waals surface area (Å²) >= 11 is 0. The van der Waals surface area contributed by atoms with Crippen molar-refractivity contribution in [3.63, 3.8) is 0 Å². The van der Waals surface area contributed by atoms with Gasteiger partial charge in [-0.2, -0.15) is 5.10 Å². The van der Waals surface area contributed by atoms with Crippen LogP contribution in [-0.4, -0.2) is 24.7 Å². The van der Waals surface area contributed by atoms with E-state index in [1.165, 1.54) is 6.20 Å². The minimum atomic E-state index is -2.43. The van der Waals surface area contributed by atoms with Crippen molar-refractivity contribution in [3.05, 3.63) is 11.9 Å². The quantitative estimate of drug-likeness (QED) is 0.496. The fourth-order valence-electron chi connectivity index (χ4n) is 0.528. The smallest absolute Gasteiger partial charge is 0.257 e. The molecular weight excluding hydrogens is 152 g/mol. The first-order valence-electron chi connectivity index (χ1n) is 3.01. The zero-order valence-corrected chi connectivity index (χ0v) is 6.30. The number of hydrogen-bond donors (Lipinski definition) is 1. The maximum atomic E-state index is 11.7. The summed E-state index contributed by atoms with van der Waals surface area (Å²) in [5.74, 6) is 0. The molecule has 5 heteroatoms. The Labute approximate surface area is 64.2 Å². The molecule has 0 aliphatic rings. The van der Waals surface area contributed by atoms with Crippen LogP contribution in [0, 0.1) is 0 Å². The van der Waals surface area contributed by atoms with Crippen molar-refractivity contribution in [2.45, 2.75) is 13.3 Å². The van der Waals surface area contributed by atoms with Gasteiger partial charge in [-0.05, 0) is 6.92 Å². The Balaban J connectivity index is 3.96. The second-order valence-electron chi connectivity index (χ2n) is 2.03. The van der Waals surface area contributed by atoms with Gasteiger partial charge in [0.15, 0.2) is 0 Å². The Morgan fingerprint density at radius 3 is 2.64 bits per heavy atom. The van der Waals surface area contributed by atoms with Gasteiger partial charge in [0, 0.05) is 18.6 Å². The Morgan fingerprint density at radius 2 is 2.36 bits per heavy atom. The fraction of sp³-hybridized carbons (Fsp3) is 0.500. The van der Waals surface area contributed by atoms with Crippen molar-refractivity contribution in [1.82, 2.24) is 5.01 Å². The highest BCUT2D eigenvalue weighted by atomic mass is 19.3. The zero-order valence-electron chi connectivity index (χ0n) is 6.30. The van der Waals surface area contributed by atoms with Crippen LogP contribution in [0.3, 0.4) is 0 Å². The highest BCUT2D eigenvalue weighted by Gasteiger charge is 2.06. The van der Waals surface area contributed by atoms with Gasteiger partial charge in [0.25, 0.3) is 6.43 Å². The highest BCUT2D eigenvalue weighted by molar-refractivity contribution is 5.22. The summed E-state index contributed by atoms with van der Waals surface area (Å²) in [5, 5.41) is 4.32. The Morgan fingerprint density at radius 1 is 1.82 bits per heavy atom. The third-order valence-electron chi connectivity index (χ3n) is 0.859. The Bertz CT molecular complexity index is 152. The van der Waals surface area contributed by atoms with E-state index >= 15 is 0 Å². The van der Waals surface area contributed by atoms with E-state index in [1.54, 1.807) is 6.92 Å². The summed E-state index contributed by atoms with van der Waals surface area (Å²) in [6, 6.07) is 0. The van der Waals surface area contributed by atoms with Crippen LogP contribution in [0.1, 0.15) is 6.92 Å². The average molecular weight is 163 g/mol. The molecule has 0 saturated heterocycles. The highest BCUT2D eigenvalue weighted by Crippen LogP contribution is 1.99. The molecule has 0 atom stereocenters. The number of nitrogens with zero attached hydrogens (tertiary/aromatic N) is 2. The van der Waals surface area contributed by atoms with Gasteiger partial charge in [0.05, 0.1) is 0 Å². The first kappa shape index (κ1) is 9.87. The summed E-state index contributed by atoms with van der Waals surface area (Å²) in [5.41, 5.74) is 5.65. The van der Waals surface area contributed by atoms with Gasteiger partial charge in [0.1, 0.15) is 6.54 Å². The second kappa shape index (κ2) is 4.65. The summed E-state index contributed by atoms with van der Waals surface area (Å²) in [4.78, 5) is 0. The van der Waals surface area contributed by atoms with Crippen LogP contribution in [0.2, 0.25) is 0 Å². The molecule has 2 N–H and O–H groups in total. The van der Waals surface area contributed by atoms with Crippen LogP contribution < -0.4 is 5.73 Å². The van der Waals surface area contributed by atoms with Crippen molar-refractivity contribution in [3.8, 4) is 0 Å². The lowest BCUT2D eigenvalue weighted by molar-refractivity contribution is 0.110. The molecule has 0 fully saturated rings. The Kier molecular flexibility index (Phi) is 4.17. The molecule has 3 nitrogen and oxygen atoms in total. The van der Waals surface area contributed by atoms with E-state index < -0.39 is 13.0 Å². The molecule has 64 valence electrons. The average Bonchev–Trinajstić information content (AvgIpc) is 1.84. The number of alkyl halides is 2. The normalized spacial score (nSPS) is 11.8. The van der Waals surface area contributed by atoms with Gasteiger partial charge < -0.3 is 5.73 Å². The van der Waals surface area contributed by atoms with Crippen LogP contribution in [0.5, 0.6) is 0 Å². The Hall–Kier alpha value is -1.13. The number of allylic oxidation sites excluding steroid dienone is 1. The van der Waals surface area contributed by atoms with Crippen LogP contribution in [0.15, 0.2) is 17.0 Å². The van der Waals surface area contributed by atoms with Crippen LogP contribution in [0.4, 0.5) is 8.78 Å². The molecule has 0 radical (unpaired) electrons. The summed E-state index contributed by atoms with van der Waals surface area (Å²) < 4.78 is 23.4. The minimum absolute atomic E-state index is 0.415. The molecule has 0 rings (SSSR count). The minimum Gasteiger partial charge on any atom is -0.401 e. The molecular formula is C6H11F2N3. The molecule has 0 aliphatic heterocycles. The molecule has 0 amide bonds. The van der Waals surface area contributed by atoms with E-state index in [-0.39, 0.29) is 0 Å². The standard InChI is InChI=1S/C6H11F2N3/c1-5(9)3-11(10-2)4-6(7)8/h3,6H,2,4,9H2,1H3/b5-3+. The van der Waals surface area contributed by atoms with Crippen molar-refractivity contribution >= 4 is 6.72 Å². The van der Waals surface area contributed by atoms with Crippen molar-refractivity contribution < 1.29 is 8.78 Å². The SMILES string of the molecule is C=NN(/C=C(\C)N)CC(F)F. The molecule has 0 heterocycles. The monoisotopic (exact) mass is 163 g/mol. The molecule has 11 heavy (non-hydrogen) atoms. The number of hydrazone groups is 1. The second-order valence-corrected chi connectivity index (χ2v) is 2.03. The van der Waals surface area contributed by atoms with E-state index in [0.717, 1.165) is 5.01 Å². The van der Waals surface area contributed by atoms with E-state index in [1.807, 2.05) is 0 Å². The molecule has 0 saturated carbocycles. The van der Waals surface area contributed by atoms with E-state index in [9.17, 15) is 8.78 Å². The van der Waals surface area contributed by atoms with Gasteiger partial charge in [-0.3, -0.25) is 5.01 Å². The van der Waals surface area contributed by atoms with E-state index in [2.05, 4.69) is 11.8 Å². The first-order valence-corrected chi connectivity index (χ1v) is 3.01. The zero-order chi connectivity index (χ0) is 8.85. The maximum absolute atomic E-state index is 11.7. The predicted molar refractivity (Wildman–Crippen MR) is 40.2 cm³/mol. The molecule has 0 spiro atoms.